The van der Waals surface area contributed by atoms with Crippen molar-refractivity contribution in [2.24, 2.45) is 10.9 Å². The zero-order valence-electron chi connectivity index (χ0n) is 19.4. The molecule has 0 unspecified atom stereocenters. The second kappa shape index (κ2) is 9.77. The molecule has 0 amide bonds. The molecule has 1 saturated heterocycles. The van der Waals surface area contributed by atoms with E-state index in [2.05, 4.69) is 44.3 Å². The fraction of sp³-hybridized carbons (Fsp3) is 0.565. The van der Waals surface area contributed by atoms with Crippen LogP contribution in [0.4, 0.5) is 17.2 Å². The highest BCUT2D eigenvalue weighted by Crippen LogP contribution is 2.43. The Morgan fingerprint density at radius 3 is 2.91 bits per heavy atom. The number of fused-ring (bicyclic) bond motifs is 1. The number of nitrogens with two attached hydrogens (primary N) is 1. The van der Waals surface area contributed by atoms with Gasteiger partial charge in [0.25, 0.3) is 0 Å². The minimum atomic E-state index is -1.16. The van der Waals surface area contributed by atoms with Crippen LogP contribution in [0.2, 0.25) is 0 Å². The lowest BCUT2D eigenvalue weighted by molar-refractivity contribution is 0.143. The Morgan fingerprint density at radius 1 is 1.39 bits per heavy atom. The van der Waals surface area contributed by atoms with Gasteiger partial charge >= 0.3 is 0 Å². The first-order valence-electron chi connectivity index (χ1n) is 11.4. The van der Waals surface area contributed by atoms with E-state index in [9.17, 15) is 5.11 Å². The van der Waals surface area contributed by atoms with Crippen molar-refractivity contribution in [3.8, 4) is 17.6 Å². The molecular weight excluding hydrogens is 422 g/mol. The van der Waals surface area contributed by atoms with Crippen molar-refractivity contribution in [2.75, 3.05) is 43.4 Å². The van der Waals surface area contributed by atoms with Crippen LogP contribution in [-0.4, -0.2) is 64.5 Å². The van der Waals surface area contributed by atoms with Crippen LogP contribution in [0.15, 0.2) is 15.8 Å². The van der Waals surface area contributed by atoms with Gasteiger partial charge < -0.3 is 25.8 Å². The van der Waals surface area contributed by atoms with E-state index in [1.807, 2.05) is 0 Å². The Bertz CT molecular complexity index is 1070. The average molecular weight is 454 g/mol. The first-order chi connectivity index (χ1) is 15.9. The van der Waals surface area contributed by atoms with Crippen molar-refractivity contribution in [3.05, 3.63) is 17.6 Å². The molecule has 10 heteroatoms. The predicted molar refractivity (Wildman–Crippen MR) is 126 cm³/mol. The van der Waals surface area contributed by atoms with E-state index in [0.29, 0.717) is 47.6 Å². The highest BCUT2D eigenvalue weighted by Gasteiger charge is 2.29. The van der Waals surface area contributed by atoms with E-state index in [-0.39, 0.29) is 5.82 Å². The summed E-state index contributed by atoms with van der Waals surface area (Å²) in [6.07, 6.45) is 4.91. The topological polar surface area (TPSA) is 135 Å². The lowest BCUT2D eigenvalue weighted by atomic mass is 10.0. The molecule has 0 aromatic carbocycles. The number of aliphatic imine (C=N–C) groups is 1. The maximum atomic E-state index is 10.1. The summed E-state index contributed by atoms with van der Waals surface area (Å²) in [6, 6.07) is 0. The number of aromatic nitrogens is 3. The molecule has 4 rings (SSSR count). The number of pyridine rings is 1. The molecule has 2 aliphatic rings. The molecule has 0 saturated carbocycles. The van der Waals surface area contributed by atoms with Crippen LogP contribution in [0, 0.1) is 17.8 Å². The number of hydrogen-bond donors (Lipinski definition) is 3. The third-order valence-electron chi connectivity index (χ3n) is 5.54. The van der Waals surface area contributed by atoms with Gasteiger partial charge in [-0.25, -0.2) is 14.6 Å². The van der Waals surface area contributed by atoms with Crippen molar-refractivity contribution in [2.45, 2.75) is 45.6 Å². The van der Waals surface area contributed by atoms with E-state index < -0.39 is 5.60 Å². The summed E-state index contributed by atoms with van der Waals surface area (Å²) in [4.78, 5) is 11.6. The Hall–Kier alpha value is -3.16. The number of nitrogens with zero attached hydrogens (tertiary/aromatic N) is 5. The zero-order valence-corrected chi connectivity index (χ0v) is 19.4. The molecule has 0 spiro atoms. The van der Waals surface area contributed by atoms with Crippen LogP contribution >= 0.6 is 0 Å². The molecule has 4 heterocycles. The van der Waals surface area contributed by atoms with Gasteiger partial charge in [0.1, 0.15) is 22.7 Å². The van der Waals surface area contributed by atoms with Gasteiger partial charge in [-0.15, -0.1) is 0 Å². The Morgan fingerprint density at radius 2 is 2.24 bits per heavy atom. The molecule has 2 aliphatic heterocycles. The van der Waals surface area contributed by atoms with Crippen LogP contribution < -0.4 is 20.7 Å². The average Bonchev–Trinajstić information content (AvgIpc) is 3.22. The van der Waals surface area contributed by atoms with Gasteiger partial charge in [0.05, 0.1) is 25.1 Å². The lowest BCUT2D eigenvalue weighted by Crippen LogP contribution is -2.35. The van der Waals surface area contributed by atoms with Crippen molar-refractivity contribution < 1.29 is 14.5 Å². The molecule has 2 aromatic heterocycles. The van der Waals surface area contributed by atoms with Gasteiger partial charge in [-0.3, -0.25) is 0 Å². The Labute approximate surface area is 193 Å². The third kappa shape index (κ3) is 5.43. The first kappa shape index (κ1) is 23.0. The molecule has 1 fully saturated rings. The predicted octanol–water partition coefficient (Wildman–Crippen LogP) is 1.90. The van der Waals surface area contributed by atoms with Gasteiger partial charge in [0.2, 0.25) is 0 Å². The van der Waals surface area contributed by atoms with Gasteiger partial charge in [-0.2, -0.15) is 0 Å². The Kier molecular flexibility index (Phi) is 6.81. The van der Waals surface area contributed by atoms with Gasteiger partial charge in [-0.1, -0.05) is 12.8 Å². The SMILES string of the molecule is CCCN1CC(c2nonc2N)=Nc2c(C#CC(C)(C)O)ncc(OC[C@H]3CCCNC3)c21. The maximum absolute atomic E-state index is 10.1. The van der Waals surface area contributed by atoms with E-state index in [1.54, 1.807) is 20.0 Å². The molecule has 1 atom stereocenters. The molecule has 0 aliphatic carbocycles. The largest absolute Gasteiger partial charge is 0.489 e. The molecule has 10 nitrogen and oxygen atoms in total. The number of nitrogens with one attached hydrogen (secondary N) is 1. The molecule has 33 heavy (non-hydrogen) atoms. The first-order valence-corrected chi connectivity index (χ1v) is 11.4. The molecule has 0 bridgehead atoms. The summed E-state index contributed by atoms with van der Waals surface area (Å²) >= 11 is 0. The van der Waals surface area contributed by atoms with Crippen molar-refractivity contribution in [3.63, 3.8) is 0 Å². The highest BCUT2D eigenvalue weighted by molar-refractivity contribution is 6.09. The van der Waals surface area contributed by atoms with E-state index in [1.165, 1.54) is 0 Å². The minimum Gasteiger partial charge on any atom is -0.489 e. The smallest absolute Gasteiger partial charge is 0.197 e. The van der Waals surface area contributed by atoms with Crippen molar-refractivity contribution >= 4 is 22.9 Å². The van der Waals surface area contributed by atoms with Crippen LogP contribution in [0.3, 0.4) is 0 Å². The van der Waals surface area contributed by atoms with Crippen LogP contribution in [0.1, 0.15) is 51.4 Å². The molecular formula is C23H31N7O3. The maximum Gasteiger partial charge on any atom is 0.197 e. The van der Waals surface area contributed by atoms with Gasteiger partial charge in [0, 0.05) is 19.0 Å². The summed E-state index contributed by atoms with van der Waals surface area (Å²) < 4.78 is 11.1. The number of rotatable bonds is 6. The van der Waals surface area contributed by atoms with E-state index >= 15 is 0 Å². The van der Waals surface area contributed by atoms with E-state index in [4.69, 9.17) is 20.1 Å². The van der Waals surface area contributed by atoms with Crippen LogP contribution in [0.25, 0.3) is 0 Å². The number of anilines is 2. The summed E-state index contributed by atoms with van der Waals surface area (Å²) in [5.74, 6) is 7.13. The minimum absolute atomic E-state index is 0.183. The number of ether oxygens (including phenoxy) is 1. The molecule has 4 N–H and O–H groups in total. The summed E-state index contributed by atoms with van der Waals surface area (Å²) in [7, 11) is 0. The molecule has 2 aromatic rings. The third-order valence-corrected chi connectivity index (χ3v) is 5.54. The fourth-order valence-corrected chi connectivity index (χ4v) is 3.98. The van der Waals surface area contributed by atoms with Gasteiger partial charge in [-0.05, 0) is 55.9 Å². The normalized spacial score (nSPS) is 18.2. The zero-order chi connectivity index (χ0) is 23.4. The highest BCUT2D eigenvalue weighted by atomic mass is 16.6. The number of piperidine rings is 1. The summed E-state index contributed by atoms with van der Waals surface area (Å²) in [6.45, 7) is 9.22. The monoisotopic (exact) mass is 453 g/mol. The van der Waals surface area contributed by atoms with Crippen molar-refractivity contribution in [1.82, 2.24) is 20.6 Å². The second-order valence-electron chi connectivity index (χ2n) is 8.98. The number of hydrogen-bond acceptors (Lipinski definition) is 10. The second-order valence-corrected chi connectivity index (χ2v) is 8.98. The van der Waals surface area contributed by atoms with Crippen molar-refractivity contribution in [1.29, 1.82) is 0 Å². The van der Waals surface area contributed by atoms with E-state index in [0.717, 1.165) is 44.6 Å². The number of nitrogen functional groups attached to an aromatic ring is 1. The number of aliphatic hydroxyl groups is 1. The lowest BCUT2D eigenvalue weighted by Gasteiger charge is -2.32. The molecule has 176 valence electrons. The van der Waals surface area contributed by atoms with Gasteiger partial charge in [0.15, 0.2) is 17.3 Å². The summed E-state index contributed by atoms with van der Waals surface area (Å²) in [5.41, 5.74) is 7.68. The van der Waals surface area contributed by atoms with Crippen LogP contribution in [0.5, 0.6) is 5.75 Å². The van der Waals surface area contributed by atoms with Crippen LogP contribution in [-0.2, 0) is 0 Å². The molecule has 0 radical (unpaired) electrons. The fourth-order valence-electron chi connectivity index (χ4n) is 3.98. The summed E-state index contributed by atoms with van der Waals surface area (Å²) in [5, 5.41) is 21.2. The standard InChI is InChI=1S/C23H31N7O3/c1-4-10-30-13-17(20-22(24)29-33-28-20)27-19-16(7-8-23(2,3)31)26-12-18(21(19)30)32-14-15-6-5-9-25-11-15/h12,15,25,31H,4-6,9-11,13-14H2,1-3H3,(H2,24,29)/t15-/m0/s1. The Balaban J connectivity index is 1.78. The quantitative estimate of drug-likeness (QED) is 0.560.